The lowest BCUT2D eigenvalue weighted by molar-refractivity contribution is 0.0697. The van der Waals surface area contributed by atoms with Crippen molar-refractivity contribution in [3.05, 3.63) is 35.4 Å². The molecule has 0 aliphatic carbocycles. The molecule has 5 heteroatoms. The van der Waals surface area contributed by atoms with Gasteiger partial charge in [0.1, 0.15) is 0 Å². The molecule has 2 N–H and O–H groups in total. The van der Waals surface area contributed by atoms with Crippen LogP contribution in [0.5, 0.6) is 0 Å². The lowest BCUT2D eigenvalue weighted by atomic mass is 10.0. The number of halogens is 1. The Bertz CT molecular complexity index is 563. The molecule has 0 saturated carbocycles. The number of carbonyl (C=O) groups is 1. The van der Waals surface area contributed by atoms with Gasteiger partial charge in [-0.3, -0.25) is 4.90 Å². The van der Waals surface area contributed by atoms with E-state index in [2.05, 4.69) is 11.8 Å². The highest BCUT2D eigenvalue weighted by Crippen LogP contribution is 2.27. The van der Waals surface area contributed by atoms with Crippen molar-refractivity contribution in [2.45, 2.75) is 82.2 Å². The van der Waals surface area contributed by atoms with Gasteiger partial charge in [0.15, 0.2) is 0 Å². The molecule has 2 rings (SSSR count). The molecule has 0 spiro atoms. The number of aromatic carboxylic acids is 1. The minimum atomic E-state index is -0.888. The molecule has 0 radical (unpaired) electrons. The summed E-state index contributed by atoms with van der Waals surface area (Å²) in [5.74, 6) is -0.888. The summed E-state index contributed by atoms with van der Waals surface area (Å²) < 4.78 is 0. The first kappa shape index (κ1) is 22.2. The van der Waals surface area contributed by atoms with E-state index in [1.54, 1.807) is 12.1 Å². The Kier molecular flexibility index (Phi) is 9.60. The molecule has 1 aliphatic rings. The molecule has 1 aromatic rings. The van der Waals surface area contributed by atoms with Crippen LogP contribution in [-0.2, 0) is 6.42 Å². The number of hydrogen-bond acceptors (Lipinski definition) is 3. The van der Waals surface area contributed by atoms with E-state index in [0.29, 0.717) is 11.6 Å². The predicted octanol–water partition coefficient (Wildman–Crippen LogP) is 4.72. The molecular weight excluding hydrogens is 362 g/mol. The zero-order valence-corrected chi connectivity index (χ0v) is 17.2. The number of aliphatic hydroxyl groups excluding tert-OH is 1. The molecular formula is C22H34ClNO3. The van der Waals surface area contributed by atoms with Crippen molar-refractivity contribution in [1.29, 1.82) is 0 Å². The van der Waals surface area contributed by atoms with Crippen molar-refractivity contribution in [2.24, 2.45) is 0 Å². The third-order valence-corrected chi connectivity index (χ3v) is 6.14. The number of likely N-dealkylation sites (tertiary alicyclic amines) is 1. The SMILES string of the molecule is CCCCCC(O)CCCN1CCC(Cl)C1CCc1ccc(C(=O)O)cc1. The van der Waals surface area contributed by atoms with Crippen molar-refractivity contribution in [3.8, 4) is 0 Å². The zero-order chi connectivity index (χ0) is 19.6. The van der Waals surface area contributed by atoms with Crippen LogP contribution in [0.4, 0.5) is 0 Å². The predicted molar refractivity (Wildman–Crippen MR) is 111 cm³/mol. The summed E-state index contributed by atoms with van der Waals surface area (Å²) in [6.45, 7) is 4.21. The number of rotatable bonds is 12. The van der Waals surface area contributed by atoms with Gasteiger partial charge in [-0.2, -0.15) is 0 Å². The second-order valence-electron chi connectivity index (χ2n) is 7.74. The summed E-state index contributed by atoms with van der Waals surface area (Å²) in [6, 6.07) is 7.50. The number of nitrogens with zero attached hydrogens (tertiary/aromatic N) is 1. The highest BCUT2D eigenvalue weighted by molar-refractivity contribution is 6.21. The number of benzene rings is 1. The van der Waals surface area contributed by atoms with E-state index in [9.17, 15) is 9.90 Å². The average molecular weight is 396 g/mol. The van der Waals surface area contributed by atoms with Crippen LogP contribution in [0, 0.1) is 0 Å². The smallest absolute Gasteiger partial charge is 0.335 e. The van der Waals surface area contributed by atoms with Gasteiger partial charge in [0.25, 0.3) is 0 Å². The second-order valence-corrected chi connectivity index (χ2v) is 8.30. The quantitative estimate of drug-likeness (QED) is 0.397. The molecule has 152 valence electrons. The zero-order valence-electron chi connectivity index (χ0n) is 16.4. The van der Waals surface area contributed by atoms with E-state index in [0.717, 1.165) is 63.6 Å². The molecule has 3 unspecified atom stereocenters. The maximum atomic E-state index is 10.9. The molecule has 1 fully saturated rings. The standard InChI is InChI=1S/C22H34ClNO3/c1-2-3-4-6-19(25)7-5-15-24-16-14-20(23)21(24)13-10-17-8-11-18(12-9-17)22(26)27/h8-9,11-12,19-21,25H,2-7,10,13-16H2,1H3,(H,26,27). The third-order valence-electron chi connectivity index (χ3n) is 5.63. The molecule has 4 nitrogen and oxygen atoms in total. The minimum Gasteiger partial charge on any atom is -0.478 e. The summed E-state index contributed by atoms with van der Waals surface area (Å²) in [5, 5.41) is 19.3. The summed E-state index contributed by atoms with van der Waals surface area (Å²) >= 11 is 6.56. The molecule has 0 bridgehead atoms. The molecule has 0 aromatic heterocycles. The Morgan fingerprint density at radius 2 is 1.93 bits per heavy atom. The van der Waals surface area contributed by atoms with Gasteiger partial charge in [-0.15, -0.1) is 11.6 Å². The monoisotopic (exact) mass is 395 g/mol. The highest BCUT2D eigenvalue weighted by Gasteiger charge is 2.31. The van der Waals surface area contributed by atoms with Crippen LogP contribution >= 0.6 is 11.6 Å². The first-order chi connectivity index (χ1) is 13.0. The number of alkyl halides is 1. The third kappa shape index (κ3) is 7.44. The molecule has 1 aliphatic heterocycles. The van der Waals surface area contributed by atoms with E-state index in [-0.39, 0.29) is 11.5 Å². The van der Waals surface area contributed by atoms with Crippen molar-refractivity contribution in [1.82, 2.24) is 4.90 Å². The summed E-state index contributed by atoms with van der Waals surface area (Å²) in [7, 11) is 0. The first-order valence-electron chi connectivity index (χ1n) is 10.4. The van der Waals surface area contributed by atoms with Crippen LogP contribution in [0.1, 0.15) is 74.2 Å². The lowest BCUT2D eigenvalue weighted by Crippen LogP contribution is -2.34. The van der Waals surface area contributed by atoms with Crippen molar-refractivity contribution in [2.75, 3.05) is 13.1 Å². The molecule has 0 amide bonds. The molecule has 1 aromatic carbocycles. The molecule has 1 saturated heterocycles. The fourth-order valence-electron chi connectivity index (χ4n) is 3.95. The van der Waals surface area contributed by atoms with E-state index in [1.807, 2.05) is 12.1 Å². The number of aryl methyl sites for hydroxylation is 1. The van der Waals surface area contributed by atoms with Crippen molar-refractivity contribution >= 4 is 17.6 Å². The number of unbranched alkanes of at least 4 members (excludes halogenated alkanes) is 2. The van der Waals surface area contributed by atoms with Gasteiger partial charge < -0.3 is 10.2 Å². The Hall–Kier alpha value is -1.10. The largest absolute Gasteiger partial charge is 0.478 e. The number of hydrogen-bond donors (Lipinski definition) is 2. The maximum Gasteiger partial charge on any atom is 0.335 e. The molecule has 1 heterocycles. The minimum absolute atomic E-state index is 0.169. The van der Waals surface area contributed by atoms with Crippen LogP contribution in [-0.4, -0.2) is 51.7 Å². The fourth-order valence-corrected chi connectivity index (χ4v) is 4.33. The first-order valence-corrected chi connectivity index (χ1v) is 10.8. The van der Waals surface area contributed by atoms with Gasteiger partial charge in [0, 0.05) is 6.04 Å². The number of aliphatic hydroxyl groups is 1. The van der Waals surface area contributed by atoms with Crippen molar-refractivity contribution < 1.29 is 15.0 Å². The summed E-state index contributed by atoms with van der Waals surface area (Å²) in [5.41, 5.74) is 1.48. The second kappa shape index (κ2) is 11.7. The Labute approximate surface area is 168 Å². The number of carboxylic acids is 1. The van der Waals surface area contributed by atoms with E-state index >= 15 is 0 Å². The summed E-state index contributed by atoms with van der Waals surface area (Å²) in [4.78, 5) is 13.4. The van der Waals surface area contributed by atoms with Crippen LogP contribution in [0.15, 0.2) is 24.3 Å². The Balaban J connectivity index is 1.74. The van der Waals surface area contributed by atoms with Gasteiger partial charge in [-0.25, -0.2) is 4.79 Å². The molecule has 27 heavy (non-hydrogen) atoms. The van der Waals surface area contributed by atoms with Gasteiger partial charge >= 0.3 is 5.97 Å². The lowest BCUT2D eigenvalue weighted by Gasteiger charge is -2.26. The van der Waals surface area contributed by atoms with Gasteiger partial charge in [0.05, 0.1) is 17.0 Å². The highest BCUT2D eigenvalue weighted by atomic mass is 35.5. The van der Waals surface area contributed by atoms with E-state index < -0.39 is 5.97 Å². The summed E-state index contributed by atoms with van der Waals surface area (Å²) in [6.07, 6.45) is 9.06. The normalized spacial score (nSPS) is 21.4. The van der Waals surface area contributed by atoms with Crippen LogP contribution < -0.4 is 0 Å². The van der Waals surface area contributed by atoms with Gasteiger partial charge in [-0.05, 0) is 69.3 Å². The van der Waals surface area contributed by atoms with Crippen LogP contribution in [0.25, 0.3) is 0 Å². The Morgan fingerprint density at radius 1 is 1.22 bits per heavy atom. The Morgan fingerprint density at radius 3 is 2.59 bits per heavy atom. The van der Waals surface area contributed by atoms with Crippen LogP contribution in [0.3, 0.4) is 0 Å². The topological polar surface area (TPSA) is 60.8 Å². The van der Waals surface area contributed by atoms with Gasteiger partial charge in [0.2, 0.25) is 0 Å². The van der Waals surface area contributed by atoms with Gasteiger partial charge in [-0.1, -0.05) is 38.3 Å². The van der Waals surface area contributed by atoms with E-state index in [1.165, 1.54) is 12.8 Å². The average Bonchev–Trinajstić information content (AvgIpc) is 3.00. The molecule has 3 atom stereocenters. The van der Waals surface area contributed by atoms with Crippen molar-refractivity contribution in [3.63, 3.8) is 0 Å². The number of carboxylic acid groups (broad SMARTS) is 1. The van der Waals surface area contributed by atoms with Crippen LogP contribution in [0.2, 0.25) is 0 Å². The van der Waals surface area contributed by atoms with E-state index in [4.69, 9.17) is 16.7 Å². The maximum absolute atomic E-state index is 10.9. The fraction of sp³-hybridized carbons (Fsp3) is 0.682.